The van der Waals surface area contributed by atoms with E-state index in [2.05, 4.69) is 10.1 Å². The summed E-state index contributed by atoms with van der Waals surface area (Å²) >= 11 is 0. The van der Waals surface area contributed by atoms with E-state index < -0.39 is 5.97 Å². The first-order valence-corrected chi connectivity index (χ1v) is 8.24. The molecule has 0 atom stereocenters. The third-order valence-electron chi connectivity index (χ3n) is 3.96. The summed E-state index contributed by atoms with van der Waals surface area (Å²) in [4.78, 5) is 28.2. The molecule has 0 bridgehead atoms. The van der Waals surface area contributed by atoms with Crippen LogP contribution < -0.4 is 4.74 Å². The molecular weight excluding hydrogens is 334 g/mol. The van der Waals surface area contributed by atoms with E-state index in [-0.39, 0.29) is 17.5 Å². The summed E-state index contributed by atoms with van der Waals surface area (Å²) in [6, 6.07) is 7.24. The summed E-state index contributed by atoms with van der Waals surface area (Å²) in [5, 5.41) is 4.19. The van der Waals surface area contributed by atoms with Crippen molar-refractivity contribution in [2.24, 2.45) is 4.99 Å². The molecule has 0 radical (unpaired) electrons. The monoisotopic (exact) mass is 353 g/mol. The Kier molecular flexibility index (Phi) is 4.71. The number of aliphatic imine (C=N–C) groups is 1. The average molecular weight is 353 g/mol. The number of carbonyl (C=O) groups is 2. The predicted molar refractivity (Wildman–Crippen MR) is 96.2 cm³/mol. The zero-order valence-electron chi connectivity index (χ0n) is 15.1. The quantitative estimate of drug-likeness (QED) is 0.623. The molecule has 1 aliphatic rings. The van der Waals surface area contributed by atoms with Crippen molar-refractivity contribution in [3.05, 3.63) is 52.5 Å². The summed E-state index contributed by atoms with van der Waals surface area (Å²) in [5.74, 6) is 0.0406. The van der Waals surface area contributed by atoms with Gasteiger partial charge in [-0.2, -0.15) is 5.10 Å². The maximum atomic E-state index is 12.3. The molecule has 0 fully saturated rings. The topological polar surface area (TPSA) is 82.8 Å². The molecule has 1 aromatic heterocycles. The Labute approximate surface area is 150 Å². The molecule has 0 N–H and O–H groups in total. The molecule has 26 heavy (non-hydrogen) atoms. The second-order valence-electron chi connectivity index (χ2n) is 5.78. The predicted octanol–water partition coefficient (Wildman–Crippen LogP) is 2.90. The molecule has 0 unspecified atom stereocenters. The van der Waals surface area contributed by atoms with Gasteiger partial charge in [0.2, 0.25) is 11.8 Å². The number of hydrogen-bond donors (Lipinski definition) is 0. The van der Waals surface area contributed by atoms with E-state index in [1.165, 1.54) is 11.6 Å². The van der Waals surface area contributed by atoms with Gasteiger partial charge in [-0.25, -0.2) is 14.5 Å². The Morgan fingerprint density at radius 1 is 1.31 bits per heavy atom. The van der Waals surface area contributed by atoms with E-state index in [4.69, 9.17) is 9.47 Å². The van der Waals surface area contributed by atoms with E-state index >= 15 is 0 Å². The molecule has 134 valence electrons. The van der Waals surface area contributed by atoms with Gasteiger partial charge in [0.05, 0.1) is 23.6 Å². The second kappa shape index (κ2) is 6.95. The van der Waals surface area contributed by atoms with Crippen LogP contribution in [0.2, 0.25) is 0 Å². The van der Waals surface area contributed by atoms with Crippen molar-refractivity contribution in [1.82, 2.24) is 9.78 Å². The fourth-order valence-corrected chi connectivity index (χ4v) is 2.76. The van der Waals surface area contributed by atoms with Crippen LogP contribution in [0.1, 0.15) is 41.2 Å². The van der Waals surface area contributed by atoms with Crippen LogP contribution in [0.15, 0.2) is 35.0 Å². The summed E-state index contributed by atoms with van der Waals surface area (Å²) in [6.45, 7) is 7.34. The second-order valence-corrected chi connectivity index (χ2v) is 5.78. The average Bonchev–Trinajstić information content (AvgIpc) is 3.10. The Balaban J connectivity index is 2.02. The van der Waals surface area contributed by atoms with Gasteiger partial charge in [0.1, 0.15) is 5.75 Å². The van der Waals surface area contributed by atoms with Crippen molar-refractivity contribution < 1.29 is 19.1 Å². The van der Waals surface area contributed by atoms with Crippen LogP contribution in [-0.2, 0) is 9.53 Å². The van der Waals surface area contributed by atoms with Crippen molar-refractivity contribution in [1.29, 1.82) is 0 Å². The molecule has 2 heterocycles. The summed E-state index contributed by atoms with van der Waals surface area (Å²) in [5.41, 5.74) is 2.72. The minimum atomic E-state index is -0.555. The van der Waals surface area contributed by atoms with Crippen molar-refractivity contribution in [2.45, 2.75) is 27.7 Å². The molecule has 0 spiro atoms. The molecule has 1 aliphatic heterocycles. The third-order valence-corrected chi connectivity index (χ3v) is 3.96. The van der Waals surface area contributed by atoms with Gasteiger partial charge in [0.25, 0.3) is 0 Å². The number of carbonyl (C=O) groups excluding carboxylic acids is 2. The number of aryl methyl sites for hydroxylation is 1. The van der Waals surface area contributed by atoms with Gasteiger partial charge in [0.15, 0.2) is 5.70 Å². The highest BCUT2D eigenvalue weighted by Gasteiger charge is 2.27. The summed E-state index contributed by atoms with van der Waals surface area (Å²) in [7, 11) is 0. The van der Waals surface area contributed by atoms with Crippen molar-refractivity contribution in [3.63, 3.8) is 0 Å². The molecular formula is C19H19N3O4. The number of nitrogens with zero attached hydrogens (tertiary/aromatic N) is 3. The number of cyclic esters (lactones) is 1. The number of para-hydroxylation sites is 1. The third kappa shape index (κ3) is 3.15. The first kappa shape index (κ1) is 17.6. The number of esters is 1. The normalized spacial score (nSPS) is 15.2. The van der Waals surface area contributed by atoms with Gasteiger partial charge in [-0.05, 0) is 39.0 Å². The minimum absolute atomic E-state index is 0.153. The van der Waals surface area contributed by atoms with Gasteiger partial charge in [-0.1, -0.05) is 12.1 Å². The van der Waals surface area contributed by atoms with Gasteiger partial charge in [-0.15, -0.1) is 0 Å². The van der Waals surface area contributed by atoms with Crippen LogP contribution in [0.25, 0.3) is 6.08 Å². The standard InChI is InChI=1S/C19H19N3O4/c1-5-25-17-9-7-6-8-14(17)18-20-16(19(24)26-18)10-15-11(2)21-22(12(15)3)13(4)23/h6-10H,5H2,1-4H3/b16-10-. The lowest BCUT2D eigenvalue weighted by atomic mass is 10.1. The summed E-state index contributed by atoms with van der Waals surface area (Å²) in [6.07, 6.45) is 1.59. The largest absolute Gasteiger partial charge is 0.493 e. The van der Waals surface area contributed by atoms with Gasteiger partial charge < -0.3 is 9.47 Å². The van der Waals surface area contributed by atoms with Gasteiger partial charge in [-0.3, -0.25) is 4.79 Å². The highest BCUT2D eigenvalue weighted by molar-refractivity contribution is 6.13. The molecule has 1 aromatic carbocycles. The zero-order chi connectivity index (χ0) is 18.8. The van der Waals surface area contributed by atoms with E-state index in [9.17, 15) is 9.59 Å². The SMILES string of the molecule is CCOc1ccccc1C1=N/C(=C\c2c(C)nn(C(C)=O)c2C)C(=O)O1. The molecule has 2 aromatic rings. The van der Waals surface area contributed by atoms with Crippen LogP contribution in [0.5, 0.6) is 5.75 Å². The summed E-state index contributed by atoms with van der Waals surface area (Å²) < 4.78 is 12.2. The number of hydrogen-bond acceptors (Lipinski definition) is 6. The van der Waals surface area contributed by atoms with Crippen molar-refractivity contribution in [2.75, 3.05) is 6.61 Å². The van der Waals surface area contributed by atoms with Crippen LogP contribution in [-0.4, -0.2) is 34.2 Å². The van der Waals surface area contributed by atoms with Crippen LogP contribution in [0, 0.1) is 13.8 Å². The lowest BCUT2D eigenvalue weighted by molar-refractivity contribution is -0.129. The van der Waals surface area contributed by atoms with Crippen molar-refractivity contribution in [3.8, 4) is 5.75 Å². The van der Waals surface area contributed by atoms with Crippen LogP contribution in [0.3, 0.4) is 0 Å². The Morgan fingerprint density at radius 3 is 2.69 bits per heavy atom. The first-order chi connectivity index (χ1) is 12.4. The molecule has 7 nitrogen and oxygen atoms in total. The molecule has 0 aliphatic carbocycles. The highest BCUT2D eigenvalue weighted by atomic mass is 16.6. The smallest absolute Gasteiger partial charge is 0.363 e. The van der Waals surface area contributed by atoms with Crippen molar-refractivity contribution >= 4 is 23.9 Å². The Bertz CT molecular complexity index is 954. The number of ether oxygens (including phenoxy) is 2. The molecule has 7 heteroatoms. The fraction of sp³-hybridized carbons (Fsp3) is 0.263. The molecule has 0 saturated heterocycles. The first-order valence-electron chi connectivity index (χ1n) is 8.24. The van der Waals surface area contributed by atoms with Crippen LogP contribution in [0.4, 0.5) is 0 Å². The molecule has 0 saturated carbocycles. The minimum Gasteiger partial charge on any atom is -0.493 e. The number of aromatic nitrogens is 2. The van der Waals surface area contributed by atoms with E-state index in [1.54, 1.807) is 32.1 Å². The number of benzene rings is 1. The van der Waals surface area contributed by atoms with Gasteiger partial charge >= 0.3 is 5.97 Å². The van der Waals surface area contributed by atoms with Crippen LogP contribution >= 0.6 is 0 Å². The Hall–Kier alpha value is -3.22. The highest BCUT2D eigenvalue weighted by Crippen LogP contribution is 2.26. The molecule has 3 rings (SSSR count). The maximum absolute atomic E-state index is 12.3. The van der Waals surface area contributed by atoms with E-state index in [1.807, 2.05) is 19.1 Å². The van der Waals surface area contributed by atoms with E-state index in [0.29, 0.717) is 34.9 Å². The Morgan fingerprint density at radius 2 is 2.04 bits per heavy atom. The fourth-order valence-electron chi connectivity index (χ4n) is 2.76. The molecule has 0 amide bonds. The van der Waals surface area contributed by atoms with Gasteiger partial charge in [0, 0.05) is 12.5 Å². The zero-order valence-corrected chi connectivity index (χ0v) is 15.1. The van der Waals surface area contributed by atoms with E-state index in [0.717, 1.165) is 0 Å². The number of rotatable bonds is 4. The lowest BCUT2D eigenvalue weighted by Gasteiger charge is -2.08. The lowest BCUT2D eigenvalue weighted by Crippen LogP contribution is -2.09. The maximum Gasteiger partial charge on any atom is 0.363 e.